The van der Waals surface area contributed by atoms with Crippen LogP contribution in [0, 0.1) is 62.3 Å². The molecule has 0 radical (unpaired) electrons. The Labute approximate surface area is 680 Å². The van der Waals surface area contributed by atoms with Gasteiger partial charge in [0.1, 0.15) is 18.5 Å². The lowest BCUT2D eigenvalue weighted by Crippen LogP contribution is -1.84. The summed E-state index contributed by atoms with van der Waals surface area (Å²) in [6.07, 6.45) is 15.8. The fourth-order valence-electron chi connectivity index (χ4n) is 10.0. The van der Waals surface area contributed by atoms with Crippen LogP contribution < -0.4 is 0 Å². The van der Waals surface area contributed by atoms with Gasteiger partial charge in [0.05, 0.1) is 38.6 Å². The molecule has 594 valence electrons. The van der Waals surface area contributed by atoms with E-state index < -0.39 is 0 Å². The Morgan fingerprint density at radius 1 is 0.212 bits per heavy atom. The molecule has 113 heavy (non-hydrogen) atoms. The number of hydrogen-bond acceptors (Lipinski definition) is 11. The number of aryl methyl sites for hydroxylation is 9. The maximum atomic E-state index is 4.38. The van der Waals surface area contributed by atoms with Crippen LogP contribution >= 0.6 is 0 Å². The minimum Gasteiger partial charge on any atom is -0.261 e. The van der Waals surface area contributed by atoms with Crippen molar-refractivity contribution in [2.45, 2.75) is 187 Å². The van der Waals surface area contributed by atoms with Crippen molar-refractivity contribution >= 4 is 87.1 Å². The van der Waals surface area contributed by atoms with Crippen molar-refractivity contribution in [2.75, 3.05) is 0 Å². The van der Waals surface area contributed by atoms with Crippen molar-refractivity contribution in [1.82, 2.24) is 54.8 Å². The molecular weight excluding hydrogens is 1380 g/mol. The third kappa shape index (κ3) is 37.5. The predicted molar refractivity (Wildman–Crippen MR) is 499 cm³/mol. The fraction of sp³-hybridized carbons (Fsp3) is 0.265. The predicted octanol–water partition coefficient (Wildman–Crippen LogP) is 29.8. The molecule has 0 aliphatic carbocycles. The van der Waals surface area contributed by atoms with Gasteiger partial charge in [-0.15, -0.1) is 0 Å². The first-order valence-electron chi connectivity index (χ1n) is 40.4. The van der Waals surface area contributed by atoms with Gasteiger partial charge in [-0.25, -0.2) is 15.0 Å². The summed E-state index contributed by atoms with van der Waals surface area (Å²) < 4.78 is 0. The molecular formula is C102H131N11. The van der Waals surface area contributed by atoms with Crippen molar-refractivity contribution in [1.29, 1.82) is 0 Å². The van der Waals surface area contributed by atoms with E-state index in [2.05, 4.69) is 218 Å². The number of hydrogen-bond donors (Lipinski definition) is 0. The molecule has 9 heterocycles. The molecule has 11 nitrogen and oxygen atoms in total. The molecule has 0 atom stereocenters. The highest BCUT2D eigenvalue weighted by molar-refractivity contribution is 5.86. The number of nitrogens with zero attached hydrogens (tertiary/aromatic N) is 11. The molecule has 0 fully saturated rings. The Bertz CT molecular complexity index is 4570. The second kappa shape index (κ2) is 63.8. The topological polar surface area (TPSA) is 142 Å². The molecule has 11 heteroatoms. The fourth-order valence-corrected chi connectivity index (χ4v) is 10.0. The van der Waals surface area contributed by atoms with Crippen LogP contribution in [-0.2, 0) is 0 Å². The molecule has 0 amide bonds. The van der Waals surface area contributed by atoms with Crippen LogP contribution in [0.25, 0.3) is 87.1 Å². The second-order valence-electron chi connectivity index (χ2n) is 22.5. The zero-order chi connectivity index (χ0) is 84.6. The number of rotatable bonds is 0. The quantitative estimate of drug-likeness (QED) is 0.143. The first kappa shape index (κ1) is 101. The van der Waals surface area contributed by atoms with Crippen LogP contribution in [0.2, 0.25) is 0 Å². The van der Waals surface area contributed by atoms with Crippen LogP contribution in [0.5, 0.6) is 0 Å². The Balaban J connectivity index is 0.00000122. The van der Waals surface area contributed by atoms with E-state index in [1.807, 2.05) is 316 Å². The average Bonchev–Trinajstić information content (AvgIpc) is 0.824. The van der Waals surface area contributed by atoms with E-state index in [0.717, 1.165) is 55.8 Å². The first-order chi connectivity index (χ1) is 55.3. The van der Waals surface area contributed by atoms with E-state index >= 15 is 0 Å². The highest BCUT2D eigenvalue weighted by atomic mass is 15.0. The smallest absolute Gasteiger partial charge is 0.128 e. The maximum absolute atomic E-state index is 4.38. The van der Waals surface area contributed by atoms with Crippen LogP contribution in [0.3, 0.4) is 0 Å². The van der Waals surface area contributed by atoms with Crippen LogP contribution in [-0.4, -0.2) is 54.8 Å². The van der Waals surface area contributed by atoms with E-state index in [4.69, 9.17) is 0 Å². The Morgan fingerprint density at radius 3 is 1.19 bits per heavy atom. The third-order valence-electron chi connectivity index (χ3n) is 15.0. The van der Waals surface area contributed by atoms with Crippen molar-refractivity contribution < 1.29 is 0 Å². The van der Waals surface area contributed by atoms with E-state index in [0.29, 0.717) is 0 Å². The van der Waals surface area contributed by atoms with Crippen LogP contribution in [0.15, 0.2) is 305 Å². The van der Waals surface area contributed by atoms with Gasteiger partial charge in [-0.2, -0.15) is 0 Å². The number of benzene rings is 8. The highest BCUT2D eigenvalue weighted by Crippen LogP contribution is 2.19. The van der Waals surface area contributed by atoms with Crippen molar-refractivity contribution in [2.24, 2.45) is 0 Å². The molecule has 0 aliphatic heterocycles. The Morgan fingerprint density at radius 2 is 0.602 bits per heavy atom. The molecule has 17 rings (SSSR count). The minimum absolute atomic E-state index is 0.759. The summed E-state index contributed by atoms with van der Waals surface area (Å²) in [6.45, 7) is 54.4. The Kier molecular flexibility index (Phi) is 57.0. The third-order valence-corrected chi connectivity index (χ3v) is 15.0. The summed E-state index contributed by atoms with van der Waals surface area (Å²) in [5, 5.41) is 11.1. The van der Waals surface area contributed by atoms with Gasteiger partial charge in [-0.05, 0) is 187 Å². The van der Waals surface area contributed by atoms with Gasteiger partial charge in [-0.1, -0.05) is 288 Å². The summed E-state index contributed by atoms with van der Waals surface area (Å²) in [5.74, 6) is 0.759. The van der Waals surface area contributed by atoms with E-state index in [-0.39, 0.29) is 0 Å². The van der Waals surface area contributed by atoms with E-state index in [1.54, 1.807) is 0 Å². The molecule has 0 N–H and O–H groups in total. The summed E-state index contributed by atoms with van der Waals surface area (Å²) >= 11 is 0. The van der Waals surface area contributed by atoms with Crippen molar-refractivity contribution in [3.8, 4) is 0 Å². The lowest BCUT2D eigenvalue weighted by Gasteiger charge is -1.97. The van der Waals surface area contributed by atoms with Gasteiger partial charge in [0.2, 0.25) is 0 Å². The van der Waals surface area contributed by atoms with Crippen molar-refractivity contribution in [3.63, 3.8) is 0 Å². The summed E-state index contributed by atoms with van der Waals surface area (Å²) in [4.78, 5) is 45.2. The van der Waals surface area contributed by atoms with Gasteiger partial charge < -0.3 is 0 Å². The van der Waals surface area contributed by atoms with E-state index in [1.165, 1.54) is 94.5 Å². The molecule has 0 saturated carbocycles. The SMILES string of the molecule is CC.CC.CC.CC.CC.CC.CC.CC.CC.Cc1ccc2ccccc2n1.Cc1ccc2cccnc2c1.Cc1ccc2ncccc2c1.Cc1cccc2cccnc12.Cc1cccc2ncccc12.Cc1ccnc2ccccc12.Cc1cnc2ccccc2c1.Cc1nccc2ccccc12.Cc1ncncn1. The number of para-hydroxylation sites is 4. The lowest BCUT2D eigenvalue weighted by atomic mass is 10.1. The molecule has 8 aromatic carbocycles. The van der Waals surface area contributed by atoms with Crippen LogP contribution in [0.1, 0.15) is 175 Å². The van der Waals surface area contributed by atoms with Crippen molar-refractivity contribution in [3.05, 3.63) is 355 Å². The monoisotopic (exact) mass is 1510 g/mol. The van der Waals surface area contributed by atoms with Crippen LogP contribution in [0.4, 0.5) is 0 Å². The number of aromatic nitrogens is 11. The zero-order valence-electron chi connectivity index (χ0n) is 73.3. The van der Waals surface area contributed by atoms with Gasteiger partial charge in [0.15, 0.2) is 0 Å². The molecule has 0 bridgehead atoms. The molecule has 0 aliphatic rings. The number of fused-ring (bicyclic) bond motifs is 8. The standard InChI is InChI=1S/8C10H9N.C4H5N3.9C2H6/c1-8-4-2-6-10-9(8)5-3-7-11-10;1-8-4-2-5-9-6-3-7-11-10(8)9;1-8-4-5-10-9(7-8)3-2-6-11-10;1-8-4-5-9-3-2-6-11-10(9)7-8;1-8-6-9-4-2-3-5-10(9)11-7-8;1-8-10-5-3-2-4-9(10)6-7-11-8;1-8-6-7-11-10-5-3-2-4-9(8)10;1-8-6-7-9-4-2-3-5-10(9)11-8;1-4-6-2-5-3-7-4;9*1-2/h8*2-7H,1H3;2-3H,1H3;9*1-2H3. The largest absolute Gasteiger partial charge is 0.261 e. The molecule has 0 saturated heterocycles. The number of pyridine rings is 8. The zero-order valence-corrected chi connectivity index (χ0v) is 73.3. The van der Waals surface area contributed by atoms with Gasteiger partial charge in [0.25, 0.3) is 0 Å². The first-order valence-corrected chi connectivity index (χ1v) is 40.4. The molecule has 17 aromatic rings. The molecule has 0 unspecified atom stereocenters. The van der Waals surface area contributed by atoms with Gasteiger partial charge in [0, 0.05) is 97.9 Å². The average molecular weight is 1510 g/mol. The maximum Gasteiger partial charge on any atom is 0.128 e. The summed E-state index contributed by atoms with van der Waals surface area (Å²) in [6, 6.07) is 84.1. The van der Waals surface area contributed by atoms with Gasteiger partial charge in [-0.3, -0.25) is 39.9 Å². The highest BCUT2D eigenvalue weighted by Gasteiger charge is 1.99. The molecule has 9 aromatic heterocycles. The molecule has 0 spiro atoms. The normalized spacial score (nSPS) is 9.02. The summed E-state index contributed by atoms with van der Waals surface area (Å²) in [7, 11) is 0. The summed E-state index contributed by atoms with van der Waals surface area (Å²) in [5.41, 5.74) is 17.3. The minimum atomic E-state index is 0.759. The lowest BCUT2D eigenvalue weighted by molar-refractivity contribution is 0.974. The van der Waals surface area contributed by atoms with E-state index in [9.17, 15) is 0 Å². The van der Waals surface area contributed by atoms with Gasteiger partial charge >= 0.3 is 0 Å². The second-order valence-corrected chi connectivity index (χ2v) is 22.5. The Hall–Kier alpha value is -12.0.